The number of ether oxygens (including phenoxy) is 1. The molecule has 3 rings (SSSR count). The smallest absolute Gasteiger partial charge is 0.215 e. The molecule has 0 radical (unpaired) electrons. The lowest BCUT2D eigenvalue weighted by molar-refractivity contribution is 0.0806. The number of Topliss-reactive ketones (excluding diaryl/α,β-unsaturated/α-hetero) is 1. The predicted molar refractivity (Wildman–Crippen MR) is 73.0 cm³/mol. The van der Waals surface area contributed by atoms with Gasteiger partial charge in [-0.1, -0.05) is 23.7 Å². The summed E-state index contributed by atoms with van der Waals surface area (Å²) < 4.78 is 6.32. The van der Waals surface area contributed by atoms with E-state index in [1.54, 1.807) is 12.1 Å². The van der Waals surface area contributed by atoms with Crippen molar-refractivity contribution in [3.8, 4) is 5.75 Å². The molecule has 0 fully saturated rings. The van der Waals surface area contributed by atoms with Gasteiger partial charge in [-0.05, 0) is 24.3 Å². The van der Waals surface area contributed by atoms with Gasteiger partial charge in [0.2, 0.25) is 5.78 Å². The summed E-state index contributed by atoms with van der Waals surface area (Å²) >= 11 is 7.11. The first-order valence-corrected chi connectivity index (χ1v) is 6.72. The summed E-state index contributed by atoms with van der Waals surface area (Å²) in [6, 6.07) is 11.1. The fourth-order valence-electron chi connectivity index (χ4n) is 1.86. The average Bonchev–Trinajstić information content (AvgIpc) is 2.84. The first-order valence-electron chi connectivity index (χ1n) is 5.53. The summed E-state index contributed by atoms with van der Waals surface area (Å²) in [6.45, 7) is 0.478. The van der Waals surface area contributed by atoms with Gasteiger partial charge >= 0.3 is 0 Å². The maximum Gasteiger partial charge on any atom is 0.215 e. The second-order valence-corrected chi connectivity index (χ2v) is 5.67. The number of halogens is 1. The van der Waals surface area contributed by atoms with E-state index in [-0.39, 0.29) is 5.78 Å². The van der Waals surface area contributed by atoms with Gasteiger partial charge < -0.3 is 10.1 Å². The topological polar surface area (TPSA) is 38.3 Å². The summed E-state index contributed by atoms with van der Waals surface area (Å²) in [5.41, 5.74) is 0.922. The van der Waals surface area contributed by atoms with E-state index in [9.17, 15) is 4.79 Å². The quantitative estimate of drug-likeness (QED) is 0.856. The minimum absolute atomic E-state index is 0.0334. The highest BCUT2D eigenvalue weighted by Gasteiger charge is 2.27. The van der Waals surface area contributed by atoms with E-state index in [0.29, 0.717) is 21.5 Å². The van der Waals surface area contributed by atoms with Crippen LogP contribution in [0.1, 0.15) is 9.67 Å². The second-order valence-electron chi connectivity index (χ2n) is 3.95. The van der Waals surface area contributed by atoms with E-state index in [4.69, 9.17) is 16.3 Å². The van der Waals surface area contributed by atoms with Crippen LogP contribution in [0.3, 0.4) is 0 Å². The van der Waals surface area contributed by atoms with Crippen LogP contribution in [-0.2, 0) is 0 Å². The lowest BCUT2D eigenvalue weighted by Crippen LogP contribution is -2.37. The largest absolute Gasteiger partial charge is 0.478 e. The number of carbonyl (C=O) groups is 1. The van der Waals surface area contributed by atoms with Crippen LogP contribution in [0, 0.1) is 0 Å². The molecule has 92 valence electrons. The van der Waals surface area contributed by atoms with Crippen molar-refractivity contribution in [1.82, 2.24) is 0 Å². The Morgan fingerprint density at radius 3 is 2.94 bits per heavy atom. The van der Waals surface area contributed by atoms with Crippen LogP contribution in [0.4, 0.5) is 5.69 Å². The van der Waals surface area contributed by atoms with E-state index >= 15 is 0 Å². The monoisotopic (exact) mass is 279 g/mol. The highest BCUT2D eigenvalue weighted by Crippen LogP contribution is 2.30. The Kier molecular flexibility index (Phi) is 2.97. The molecule has 2 aromatic rings. The van der Waals surface area contributed by atoms with Gasteiger partial charge in [-0.25, -0.2) is 0 Å². The minimum atomic E-state index is -0.491. The normalized spacial score (nSPS) is 17.5. The molecule has 1 N–H and O–H groups in total. The summed E-state index contributed by atoms with van der Waals surface area (Å²) in [5, 5.41) is 3.20. The third kappa shape index (κ3) is 2.09. The molecular formula is C13H10ClNO2S. The standard InChI is InChI=1S/C13H10ClNO2S/c14-12-6-5-11(18-12)13(16)10-7-15-8-3-1-2-4-9(8)17-10/h1-6,10,15H,7H2. The molecule has 1 atom stereocenters. The van der Waals surface area contributed by atoms with Crippen LogP contribution in [0.25, 0.3) is 0 Å². The van der Waals surface area contributed by atoms with Crippen LogP contribution >= 0.6 is 22.9 Å². The highest BCUT2D eigenvalue weighted by molar-refractivity contribution is 7.18. The SMILES string of the molecule is O=C(c1ccc(Cl)s1)C1CNc2ccccc2O1. The van der Waals surface area contributed by atoms with Crippen molar-refractivity contribution < 1.29 is 9.53 Å². The minimum Gasteiger partial charge on any atom is -0.478 e. The highest BCUT2D eigenvalue weighted by atomic mass is 35.5. The number of rotatable bonds is 2. The molecule has 0 saturated carbocycles. The van der Waals surface area contributed by atoms with Crippen molar-refractivity contribution in [2.24, 2.45) is 0 Å². The van der Waals surface area contributed by atoms with Crippen molar-refractivity contribution in [2.75, 3.05) is 11.9 Å². The number of carbonyl (C=O) groups excluding carboxylic acids is 1. The zero-order valence-electron chi connectivity index (χ0n) is 9.35. The summed E-state index contributed by atoms with van der Waals surface area (Å²) in [5.74, 6) is 0.679. The van der Waals surface area contributed by atoms with E-state index in [2.05, 4.69) is 5.32 Å². The number of ketones is 1. The van der Waals surface area contributed by atoms with Crippen molar-refractivity contribution in [3.05, 3.63) is 45.6 Å². The Hall–Kier alpha value is -1.52. The van der Waals surface area contributed by atoms with Crippen LogP contribution in [0.15, 0.2) is 36.4 Å². The molecule has 2 heterocycles. The Balaban J connectivity index is 1.82. The summed E-state index contributed by atoms with van der Waals surface area (Å²) in [6.07, 6.45) is -0.491. The number of hydrogen-bond acceptors (Lipinski definition) is 4. The van der Waals surface area contributed by atoms with E-state index in [1.165, 1.54) is 11.3 Å². The number of anilines is 1. The molecule has 0 bridgehead atoms. The van der Waals surface area contributed by atoms with Gasteiger partial charge in [0.1, 0.15) is 5.75 Å². The molecule has 1 aromatic carbocycles. The Morgan fingerprint density at radius 1 is 1.33 bits per heavy atom. The molecule has 5 heteroatoms. The number of para-hydroxylation sites is 2. The van der Waals surface area contributed by atoms with Gasteiger partial charge in [-0.15, -0.1) is 11.3 Å². The lowest BCUT2D eigenvalue weighted by atomic mass is 10.1. The van der Waals surface area contributed by atoms with Crippen LogP contribution in [0.5, 0.6) is 5.75 Å². The van der Waals surface area contributed by atoms with Crippen molar-refractivity contribution in [3.63, 3.8) is 0 Å². The molecule has 1 aliphatic heterocycles. The number of benzene rings is 1. The molecule has 0 amide bonds. The molecule has 18 heavy (non-hydrogen) atoms. The van der Waals surface area contributed by atoms with Crippen LogP contribution in [0.2, 0.25) is 4.34 Å². The van der Waals surface area contributed by atoms with Crippen molar-refractivity contribution >= 4 is 34.4 Å². The molecule has 0 aliphatic carbocycles. The van der Waals surface area contributed by atoms with E-state index in [1.807, 2.05) is 24.3 Å². The molecule has 0 spiro atoms. The number of fused-ring (bicyclic) bond motifs is 1. The summed E-state index contributed by atoms with van der Waals surface area (Å²) in [7, 11) is 0. The van der Waals surface area contributed by atoms with Gasteiger partial charge in [0.15, 0.2) is 6.10 Å². The third-order valence-electron chi connectivity index (χ3n) is 2.74. The van der Waals surface area contributed by atoms with Crippen molar-refractivity contribution in [2.45, 2.75) is 6.10 Å². The van der Waals surface area contributed by atoms with Crippen molar-refractivity contribution in [1.29, 1.82) is 0 Å². The van der Waals surface area contributed by atoms with Gasteiger partial charge in [-0.2, -0.15) is 0 Å². The Bertz CT molecular complexity index is 596. The maximum atomic E-state index is 12.2. The average molecular weight is 280 g/mol. The molecule has 3 nitrogen and oxygen atoms in total. The fourth-order valence-corrected chi connectivity index (χ4v) is 2.89. The lowest BCUT2D eigenvalue weighted by Gasteiger charge is -2.25. The Labute approximate surface area is 113 Å². The molecule has 1 aliphatic rings. The van der Waals surface area contributed by atoms with E-state index < -0.39 is 6.10 Å². The predicted octanol–water partition coefficient (Wildman–Crippen LogP) is 3.46. The van der Waals surface area contributed by atoms with Gasteiger partial charge in [0.25, 0.3) is 0 Å². The molecular weight excluding hydrogens is 270 g/mol. The second kappa shape index (κ2) is 4.63. The third-order valence-corrected chi connectivity index (χ3v) is 3.99. The fraction of sp³-hybridized carbons (Fsp3) is 0.154. The number of thiophene rings is 1. The zero-order chi connectivity index (χ0) is 12.5. The van der Waals surface area contributed by atoms with Gasteiger partial charge in [0.05, 0.1) is 21.4 Å². The summed E-state index contributed by atoms with van der Waals surface area (Å²) in [4.78, 5) is 12.8. The Morgan fingerprint density at radius 2 is 2.17 bits per heavy atom. The van der Waals surface area contributed by atoms with E-state index in [0.717, 1.165) is 5.69 Å². The molecule has 1 aromatic heterocycles. The first kappa shape index (κ1) is 11.6. The van der Waals surface area contributed by atoms with Gasteiger partial charge in [-0.3, -0.25) is 4.79 Å². The zero-order valence-corrected chi connectivity index (χ0v) is 10.9. The maximum absolute atomic E-state index is 12.2. The molecule has 1 unspecified atom stereocenters. The van der Waals surface area contributed by atoms with Crippen LogP contribution < -0.4 is 10.1 Å². The first-order chi connectivity index (χ1) is 8.74. The van der Waals surface area contributed by atoms with Gasteiger partial charge in [0, 0.05) is 0 Å². The van der Waals surface area contributed by atoms with Crippen LogP contribution in [-0.4, -0.2) is 18.4 Å². The molecule has 0 saturated heterocycles. The number of nitrogens with one attached hydrogen (secondary N) is 1. The number of hydrogen-bond donors (Lipinski definition) is 1.